The highest BCUT2D eigenvalue weighted by Gasteiger charge is 2.17. The van der Waals surface area contributed by atoms with Gasteiger partial charge in [0.1, 0.15) is 0 Å². The third-order valence-corrected chi connectivity index (χ3v) is 6.32. The highest BCUT2D eigenvalue weighted by molar-refractivity contribution is 7.89. The normalized spacial score (nSPS) is 11.6. The average molecular weight is 373 g/mol. The van der Waals surface area contributed by atoms with Crippen LogP contribution in [-0.4, -0.2) is 13.4 Å². The minimum atomic E-state index is -3.54. The van der Waals surface area contributed by atoms with Crippen LogP contribution < -0.4 is 4.72 Å². The van der Waals surface area contributed by atoms with E-state index in [1.165, 1.54) is 5.56 Å². The number of nitrogens with zero attached hydrogens (tertiary/aromatic N) is 1. The van der Waals surface area contributed by atoms with Crippen LogP contribution in [0.4, 0.5) is 0 Å². The molecular weight excluding hydrogens is 352 g/mol. The van der Waals surface area contributed by atoms with Crippen molar-refractivity contribution in [1.82, 2.24) is 9.71 Å². The van der Waals surface area contributed by atoms with Crippen molar-refractivity contribution < 1.29 is 8.42 Å². The first-order valence-electron chi connectivity index (χ1n) is 7.98. The van der Waals surface area contributed by atoms with E-state index in [-0.39, 0.29) is 6.54 Å². The quantitative estimate of drug-likeness (QED) is 0.715. The molecule has 0 spiro atoms. The first kappa shape index (κ1) is 17.8. The van der Waals surface area contributed by atoms with Crippen LogP contribution in [0.5, 0.6) is 0 Å². The minimum Gasteiger partial charge on any atom is -0.245 e. The number of hydrogen-bond donors (Lipinski definition) is 1. The number of hydrogen-bond acceptors (Lipinski definition) is 4. The first-order valence-corrected chi connectivity index (χ1v) is 10.3. The van der Waals surface area contributed by atoms with E-state index in [0.717, 1.165) is 28.2 Å². The van der Waals surface area contributed by atoms with Crippen LogP contribution >= 0.6 is 11.3 Å². The lowest BCUT2D eigenvalue weighted by Gasteiger charge is -2.09. The number of aromatic nitrogens is 1. The number of aryl methyl sites for hydroxylation is 2. The van der Waals surface area contributed by atoms with E-state index < -0.39 is 10.0 Å². The zero-order valence-corrected chi connectivity index (χ0v) is 15.8. The van der Waals surface area contributed by atoms with Gasteiger partial charge in [-0.05, 0) is 31.0 Å². The number of sulfonamides is 1. The Balaban J connectivity index is 1.67. The summed E-state index contributed by atoms with van der Waals surface area (Å²) in [6.45, 7) is 3.95. The van der Waals surface area contributed by atoms with Crippen LogP contribution in [0.3, 0.4) is 0 Å². The molecule has 0 unspecified atom stereocenters. The van der Waals surface area contributed by atoms with Gasteiger partial charge in [-0.2, -0.15) is 0 Å². The van der Waals surface area contributed by atoms with Gasteiger partial charge in [0, 0.05) is 11.8 Å². The van der Waals surface area contributed by atoms with Gasteiger partial charge in [0.25, 0.3) is 0 Å². The summed E-state index contributed by atoms with van der Waals surface area (Å²) < 4.78 is 27.6. The Hall–Kier alpha value is -2.02. The third kappa shape index (κ3) is 4.54. The van der Waals surface area contributed by atoms with Gasteiger partial charge in [0.2, 0.25) is 10.0 Å². The molecule has 0 amide bonds. The molecule has 0 aliphatic carbocycles. The fourth-order valence-corrected chi connectivity index (χ4v) is 4.68. The molecule has 0 bridgehead atoms. The maximum atomic E-state index is 12.5. The molecule has 1 aromatic heterocycles. The van der Waals surface area contributed by atoms with Crippen LogP contribution in [0.25, 0.3) is 0 Å². The summed E-state index contributed by atoms with van der Waals surface area (Å²) in [5, 5.41) is 2.88. The topological polar surface area (TPSA) is 59.1 Å². The van der Waals surface area contributed by atoms with Gasteiger partial charge in [0.05, 0.1) is 22.1 Å². The summed E-state index contributed by atoms with van der Waals surface area (Å²) in [6, 6.07) is 15.4. The van der Waals surface area contributed by atoms with Gasteiger partial charge in [-0.3, -0.25) is 0 Å². The molecule has 6 heteroatoms. The summed E-state index contributed by atoms with van der Waals surface area (Å²) >= 11 is 1.55. The predicted molar refractivity (Wildman–Crippen MR) is 101 cm³/mol. The van der Waals surface area contributed by atoms with Crippen molar-refractivity contribution >= 4 is 21.4 Å². The molecule has 25 heavy (non-hydrogen) atoms. The van der Waals surface area contributed by atoms with Crippen LogP contribution in [-0.2, 0) is 23.0 Å². The summed E-state index contributed by atoms with van der Waals surface area (Å²) in [5.74, 6) is 0. The molecule has 3 aromatic rings. The monoisotopic (exact) mass is 372 g/mol. The Morgan fingerprint density at radius 3 is 2.56 bits per heavy atom. The minimum absolute atomic E-state index is 0.195. The first-order chi connectivity index (χ1) is 11.9. The predicted octanol–water partition coefficient (Wildman–Crippen LogP) is 3.83. The molecule has 0 saturated heterocycles. The van der Waals surface area contributed by atoms with E-state index >= 15 is 0 Å². The van der Waals surface area contributed by atoms with Crippen molar-refractivity contribution in [3.63, 3.8) is 0 Å². The summed E-state index contributed by atoms with van der Waals surface area (Å²) in [7, 11) is -3.54. The van der Waals surface area contributed by atoms with E-state index in [2.05, 4.69) is 21.8 Å². The third-order valence-electron chi connectivity index (χ3n) is 3.86. The Labute approximate surface area is 152 Å². The lowest BCUT2D eigenvalue weighted by molar-refractivity contribution is 0.580. The van der Waals surface area contributed by atoms with E-state index in [1.807, 2.05) is 49.6 Å². The fraction of sp³-hybridized carbons (Fsp3) is 0.211. The largest absolute Gasteiger partial charge is 0.245 e. The maximum absolute atomic E-state index is 12.5. The zero-order valence-electron chi connectivity index (χ0n) is 14.2. The number of benzene rings is 2. The van der Waals surface area contributed by atoms with Crippen LogP contribution in [0.2, 0.25) is 0 Å². The lowest BCUT2D eigenvalue weighted by atomic mass is 10.2. The summed E-state index contributed by atoms with van der Waals surface area (Å²) in [5.41, 5.74) is 3.72. The van der Waals surface area contributed by atoms with E-state index in [4.69, 9.17) is 0 Å². The smallest absolute Gasteiger partial charge is 0.241 e. The van der Waals surface area contributed by atoms with Crippen LogP contribution in [0.1, 0.15) is 27.4 Å². The average Bonchev–Trinajstić information content (AvgIpc) is 3.01. The number of thiazole rings is 1. The Kier molecular flexibility index (Phi) is 5.32. The van der Waals surface area contributed by atoms with Gasteiger partial charge in [-0.15, -0.1) is 11.3 Å². The van der Waals surface area contributed by atoms with Crippen molar-refractivity contribution in [2.45, 2.75) is 31.7 Å². The molecule has 0 saturated carbocycles. The standard InChI is InChI=1S/C19H20N2O2S2/c1-14-8-9-18(15(2)10-14)25(22,23)20-12-17-13-24-19(21-17)11-16-6-4-3-5-7-16/h3-10,13,20H,11-12H2,1-2H3. The second-order valence-corrected chi connectivity index (χ2v) is 8.67. The molecule has 130 valence electrons. The Morgan fingerprint density at radius 2 is 1.84 bits per heavy atom. The van der Waals surface area contributed by atoms with E-state index in [9.17, 15) is 8.42 Å². The van der Waals surface area contributed by atoms with Crippen molar-refractivity contribution in [3.05, 3.63) is 81.3 Å². The van der Waals surface area contributed by atoms with Crippen molar-refractivity contribution in [2.24, 2.45) is 0 Å². The molecule has 4 nitrogen and oxygen atoms in total. The van der Waals surface area contributed by atoms with E-state index in [1.54, 1.807) is 17.4 Å². The molecule has 0 radical (unpaired) electrons. The molecule has 1 N–H and O–H groups in total. The van der Waals surface area contributed by atoms with Gasteiger partial charge < -0.3 is 0 Å². The molecule has 3 rings (SSSR count). The van der Waals surface area contributed by atoms with Gasteiger partial charge in [-0.25, -0.2) is 18.1 Å². The van der Waals surface area contributed by atoms with Gasteiger partial charge in [-0.1, -0.05) is 48.0 Å². The molecule has 0 atom stereocenters. The van der Waals surface area contributed by atoms with Gasteiger partial charge >= 0.3 is 0 Å². The molecule has 2 aromatic carbocycles. The summed E-state index contributed by atoms with van der Waals surface area (Å²) in [4.78, 5) is 4.85. The van der Waals surface area contributed by atoms with Crippen LogP contribution in [0, 0.1) is 13.8 Å². The lowest BCUT2D eigenvalue weighted by Crippen LogP contribution is -2.24. The number of nitrogens with one attached hydrogen (secondary N) is 1. The number of rotatable bonds is 6. The highest BCUT2D eigenvalue weighted by Crippen LogP contribution is 2.18. The Morgan fingerprint density at radius 1 is 1.08 bits per heavy atom. The second kappa shape index (κ2) is 7.47. The maximum Gasteiger partial charge on any atom is 0.241 e. The Bertz CT molecular complexity index is 964. The summed E-state index contributed by atoms with van der Waals surface area (Å²) in [6.07, 6.45) is 0.759. The molecule has 0 aliphatic rings. The van der Waals surface area contributed by atoms with Crippen molar-refractivity contribution in [3.8, 4) is 0 Å². The molecular formula is C19H20N2O2S2. The fourth-order valence-electron chi connectivity index (χ4n) is 2.63. The van der Waals surface area contributed by atoms with Crippen molar-refractivity contribution in [2.75, 3.05) is 0 Å². The van der Waals surface area contributed by atoms with Crippen LogP contribution in [0.15, 0.2) is 58.8 Å². The van der Waals surface area contributed by atoms with Gasteiger partial charge in [0.15, 0.2) is 0 Å². The second-order valence-electron chi connectivity index (χ2n) is 5.99. The SMILES string of the molecule is Cc1ccc(S(=O)(=O)NCc2csc(Cc3ccccc3)n2)c(C)c1. The van der Waals surface area contributed by atoms with E-state index in [0.29, 0.717) is 4.90 Å². The zero-order chi connectivity index (χ0) is 17.9. The molecule has 1 heterocycles. The molecule has 0 aliphatic heterocycles. The molecule has 0 fully saturated rings. The highest BCUT2D eigenvalue weighted by atomic mass is 32.2. The van der Waals surface area contributed by atoms with Crippen molar-refractivity contribution in [1.29, 1.82) is 0 Å².